The van der Waals surface area contributed by atoms with Crippen molar-refractivity contribution in [2.75, 3.05) is 0 Å². The Morgan fingerprint density at radius 2 is 1.18 bits per heavy atom. The van der Waals surface area contributed by atoms with Gasteiger partial charge >= 0.3 is 0 Å². The first kappa shape index (κ1) is 11.6. The van der Waals surface area contributed by atoms with Crippen molar-refractivity contribution in [2.45, 2.75) is 39.3 Å². The van der Waals surface area contributed by atoms with E-state index in [0.29, 0.717) is 0 Å². The van der Waals surface area contributed by atoms with E-state index < -0.39 is 16.1 Å². The fourth-order valence-corrected chi connectivity index (χ4v) is 14.6. The van der Waals surface area contributed by atoms with E-state index in [1.165, 1.54) is 0 Å². The molecule has 66 valence electrons. The Balaban J connectivity index is 4.74. The van der Waals surface area contributed by atoms with Gasteiger partial charge in [0.15, 0.2) is 0 Å². The molecule has 0 bridgehead atoms. The third-order valence-corrected chi connectivity index (χ3v) is 10.8. The molecule has 0 fully saturated rings. The van der Waals surface area contributed by atoms with Crippen LogP contribution in [-0.4, -0.2) is 16.1 Å². The van der Waals surface area contributed by atoms with E-state index in [1.54, 1.807) is 4.82 Å². The van der Waals surface area contributed by atoms with E-state index in [1.807, 2.05) is 0 Å². The molecule has 0 nitrogen and oxygen atoms in total. The van der Waals surface area contributed by atoms with Crippen LogP contribution in [0.3, 0.4) is 0 Å². The topological polar surface area (TPSA) is 0 Å². The van der Waals surface area contributed by atoms with Gasteiger partial charge in [0.1, 0.15) is 0 Å². The molecule has 0 rings (SSSR count). The van der Waals surface area contributed by atoms with E-state index in [0.717, 1.165) is 0 Å². The third-order valence-electron chi connectivity index (χ3n) is 1.78. The molecule has 0 aliphatic rings. The molecule has 0 aromatic rings. The summed E-state index contributed by atoms with van der Waals surface area (Å²) in [5, 5.41) is 0. The zero-order chi connectivity index (χ0) is 9.28. The SMILES string of the molecule is C[Si](C)(C)C(=CP)[Si](C)(C)C. The van der Waals surface area contributed by atoms with Crippen molar-refractivity contribution in [1.82, 2.24) is 0 Å². The summed E-state index contributed by atoms with van der Waals surface area (Å²) in [7, 11) is 0.735. The zero-order valence-electron chi connectivity index (χ0n) is 8.65. The van der Waals surface area contributed by atoms with Crippen molar-refractivity contribution in [3.05, 3.63) is 10.6 Å². The predicted molar refractivity (Wildman–Crippen MR) is 64.5 cm³/mol. The average Bonchev–Trinajstić information content (AvgIpc) is 1.56. The van der Waals surface area contributed by atoms with Crippen molar-refractivity contribution >= 4 is 25.4 Å². The van der Waals surface area contributed by atoms with Gasteiger partial charge in [0.05, 0.1) is 16.1 Å². The highest BCUT2D eigenvalue weighted by Crippen LogP contribution is 2.26. The lowest BCUT2D eigenvalue weighted by atomic mass is 11.2. The van der Waals surface area contributed by atoms with Gasteiger partial charge in [-0.25, -0.2) is 0 Å². The second-order valence-corrected chi connectivity index (χ2v) is 16.0. The van der Waals surface area contributed by atoms with Crippen LogP contribution in [0, 0.1) is 0 Å². The largest absolute Gasteiger partial charge is 0.115 e. The summed E-state index contributed by atoms with van der Waals surface area (Å²) in [6.45, 7) is 14.6. The van der Waals surface area contributed by atoms with Crippen LogP contribution in [0.2, 0.25) is 39.3 Å². The van der Waals surface area contributed by atoms with Crippen molar-refractivity contribution in [3.63, 3.8) is 0 Å². The third kappa shape index (κ3) is 3.68. The monoisotopic (exact) mass is 204 g/mol. The summed E-state index contributed by atoms with van der Waals surface area (Å²) < 4.78 is 0. The fraction of sp³-hybridized carbons (Fsp3) is 0.750. The van der Waals surface area contributed by atoms with Gasteiger partial charge in [-0.1, -0.05) is 49.9 Å². The highest BCUT2D eigenvalue weighted by Gasteiger charge is 2.29. The smallest absolute Gasteiger partial charge is 0.0682 e. The van der Waals surface area contributed by atoms with E-state index in [-0.39, 0.29) is 0 Å². The van der Waals surface area contributed by atoms with Gasteiger partial charge in [-0.3, -0.25) is 0 Å². The molecule has 0 radical (unpaired) electrons. The van der Waals surface area contributed by atoms with Gasteiger partial charge in [0.25, 0.3) is 0 Å². The first-order valence-corrected chi connectivity index (χ1v) is 11.8. The fourth-order valence-electron chi connectivity index (χ4n) is 1.62. The van der Waals surface area contributed by atoms with E-state index in [4.69, 9.17) is 0 Å². The van der Waals surface area contributed by atoms with Gasteiger partial charge < -0.3 is 0 Å². The molecule has 0 N–H and O–H groups in total. The molecule has 1 atom stereocenters. The van der Waals surface area contributed by atoms with Gasteiger partial charge in [-0.2, -0.15) is 0 Å². The molecule has 3 heteroatoms. The Bertz CT molecular complexity index is 144. The molecule has 0 saturated heterocycles. The average molecular weight is 204 g/mol. The molecule has 0 aliphatic carbocycles. The van der Waals surface area contributed by atoms with Gasteiger partial charge in [0, 0.05) is 0 Å². The molecule has 0 aromatic heterocycles. The molecular weight excluding hydrogens is 183 g/mol. The minimum Gasteiger partial charge on any atom is -0.115 e. The lowest BCUT2D eigenvalue weighted by Crippen LogP contribution is -2.39. The molecule has 0 amide bonds. The van der Waals surface area contributed by atoms with Crippen LogP contribution >= 0.6 is 9.24 Å². The van der Waals surface area contributed by atoms with Crippen molar-refractivity contribution in [2.24, 2.45) is 0 Å². The van der Waals surface area contributed by atoms with Crippen LogP contribution in [0.15, 0.2) is 10.6 Å². The lowest BCUT2D eigenvalue weighted by Gasteiger charge is -2.30. The summed E-state index contributed by atoms with van der Waals surface area (Å²) in [6.07, 6.45) is 0. The molecular formula is C8H21PSi2. The lowest BCUT2D eigenvalue weighted by molar-refractivity contribution is 1.64. The Morgan fingerprint density at radius 3 is 1.18 bits per heavy atom. The Labute approximate surface area is 75.7 Å². The van der Waals surface area contributed by atoms with E-state index >= 15 is 0 Å². The van der Waals surface area contributed by atoms with Crippen molar-refractivity contribution in [1.29, 1.82) is 0 Å². The Hall–Kier alpha value is 0.604. The van der Waals surface area contributed by atoms with E-state index in [9.17, 15) is 0 Å². The second kappa shape index (κ2) is 3.55. The number of hydrogen-bond donors (Lipinski definition) is 0. The maximum atomic E-state index is 2.78. The molecule has 0 spiro atoms. The van der Waals surface area contributed by atoms with Gasteiger partial charge in [-0.05, 0) is 0 Å². The molecule has 1 unspecified atom stereocenters. The van der Waals surface area contributed by atoms with E-state index in [2.05, 4.69) is 54.3 Å². The summed E-state index contributed by atoms with van der Waals surface area (Å²) >= 11 is 0. The van der Waals surface area contributed by atoms with Crippen LogP contribution in [0.25, 0.3) is 0 Å². The summed E-state index contributed by atoms with van der Waals surface area (Å²) in [4.78, 5) is 1.77. The van der Waals surface area contributed by atoms with Gasteiger partial charge in [0.2, 0.25) is 0 Å². The molecule has 0 aliphatic heterocycles. The Kier molecular flexibility index (Phi) is 3.74. The number of hydrogen-bond acceptors (Lipinski definition) is 0. The van der Waals surface area contributed by atoms with Crippen LogP contribution < -0.4 is 0 Å². The van der Waals surface area contributed by atoms with Crippen LogP contribution in [0.5, 0.6) is 0 Å². The second-order valence-electron chi connectivity index (χ2n) is 5.08. The standard InChI is InChI=1S/C8H21PSi2/c1-10(2,3)8(7-9)11(4,5)6/h7H,9H2,1-6H3. The first-order valence-electron chi connectivity index (χ1n) is 4.12. The summed E-state index contributed by atoms with van der Waals surface area (Å²) in [5.74, 6) is 2.29. The van der Waals surface area contributed by atoms with Gasteiger partial charge in [-0.15, -0.1) is 9.24 Å². The maximum Gasteiger partial charge on any atom is 0.0682 e. The number of rotatable bonds is 2. The molecule has 0 heterocycles. The highest BCUT2D eigenvalue weighted by molar-refractivity contribution is 7.22. The minimum atomic E-state index is -1.02. The van der Waals surface area contributed by atoms with Crippen LogP contribution in [0.4, 0.5) is 0 Å². The zero-order valence-corrected chi connectivity index (χ0v) is 11.8. The van der Waals surface area contributed by atoms with Crippen molar-refractivity contribution < 1.29 is 0 Å². The summed E-state index contributed by atoms with van der Waals surface area (Å²) in [5.41, 5.74) is 0. The normalized spacial score (nSPS) is 13.0. The Morgan fingerprint density at radius 1 is 0.909 bits per heavy atom. The van der Waals surface area contributed by atoms with Crippen LogP contribution in [-0.2, 0) is 0 Å². The quantitative estimate of drug-likeness (QED) is 0.477. The first-order chi connectivity index (χ1) is 4.69. The van der Waals surface area contributed by atoms with Crippen molar-refractivity contribution in [3.8, 4) is 0 Å². The predicted octanol–water partition coefficient (Wildman–Crippen LogP) is 3.50. The summed E-state index contributed by atoms with van der Waals surface area (Å²) in [6, 6.07) is 0. The highest BCUT2D eigenvalue weighted by atomic mass is 31.0. The molecule has 0 saturated carbocycles. The molecule has 11 heavy (non-hydrogen) atoms. The minimum absolute atomic E-state index is 1.02. The maximum absolute atomic E-state index is 2.78. The molecule has 0 aromatic carbocycles. The van der Waals surface area contributed by atoms with Crippen LogP contribution in [0.1, 0.15) is 0 Å².